The van der Waals surface area contributed by atoms with E-state index in [1.165, 1.54) is 0 Å². The first-order valence-electron chi connectivity index (χ1n) is 8.47. The fourth-order valence-electron chi connectivity index (χ4n) is 3.40. The van der Waals surface area contributed by atoms with Crippen LogP contribution in [0.25, 0.3) is 22.3 Å². The Kier molecular flexibility index (Phi) is 3.97. The number of nitrogens with one attached hydrogen (secondary N) is 1. The lowest BCUT2D eigenvalue weighted by Gasteiger charge is -2.20. The molecular weight excluding hydrogens is 314 g/mol. The Balaban J connectivity index is 1.56. The van der Waals surface area contributed by atoms with Crippen molar-refractivity contribution < 1.29 is 4.79 Å². The van der Waals surface area contributed by atoms with E-state index in [9.17, 15) is 4.79 Å². The number of hydrogen-bond donors (Lipinski definition) is 1. The second-order valence-corrected chi connectivity index (χ2v) is 6.70. The van der Waals surface area contributed by atoms with Crippen LogP contribution in [0.4, 0.5) is 0 Å². The lowest BCUT2D eigenvalue weighted by molar-refractivity contribution is 0.0783. The summed E-state index contributed by atoms with van der Waals surface area (Å²) in [6, 6.07) is 10.1. The molecule has 6 nitrogen and oxygen atoms in total. The van der Waals surface area contributed by atoms with Crippen LogP contribution in [0, 0.1) is 0 Å². The number of nitrogens with zero attached hydrogens (tertiary/aromatic N) is 4. The molecule has 128 valence electrons. The first-order valence-corrected chi connectivity index (χ1v) is 8.47. The number of rotatable bonds is 3. The van der Waals surface area contributed by atoms with Gasteiger partial charge in [0.05, 0.1) is 5.69 Å². The number of fused-ring (bicyclic) bond motifs is 1. The first-order chi connectivity index (χ1) is 12.1. The maximum atomic E-state index is 12.7. The molecule has 3 heterocycles. The number of aromatic nitrogens is 3. The molecule has 0 radical (unpaired) electrons. The molecule has 4 rings (SSSR count). The maximum Gasteiger partial charge on any atom is 0.253 e. The Hall–Kier alpha value is -2.73. The number of aromatic amines is 1. The van der Waals surface area contributed by atoms with Gasteiger partial charge in [-0.1, -0.05) is 12.1 Å². The Bertz CT molecular complexity index is 900. The molecule has 1 fully saturated rings. The van der Waals surface area contributed by atoms with Crippen LogP contribution < -0.4 is 0 Å². The van der Waals surface area contributed by atoms with Crippen LogP contribution in [0.1, 0.15) is 16.8 Å². The molecule has 0 aliphatic carbocycles. The predicted molar refractivity (Wildman–Crippen MR) is 97.3 cm³/mol. The number of H-pyrrole nitrogens is 1. The minimum absolute atomic E-state index is 0.102. The van der Waals surface area contributed by atoms with Gasteiger partial charge in [-0.15, -0.1) is 0 Å². The van der Waals surface area contributed by atoms with E-state index in [2.05, 4.69) is 33.9 Å². The fraction of sp³-hybridized carbons (Fsp3) is 0.316. The van der Waals surface area contributed by atoms with Gasteiger partial charge >= 0.3 is 0 Å². The Morgan fingerprint density at radius 1 is 1.20 bits per heavy atom. The van der Waals surface area contributed by atoms with Gasteiger partial charge in [-0.25, -0.2) is 9.97 Å². The largest absolute Gasteiger partial charge is 0.346 e. The van der Waals surface area contributed by atoms with Crippen molar-refractivity contribution in [2.45, 2.75) is 12.5 Å². The van der Waals surface area contributed by atoms with Crippen LogP contribution in [0.5, 0.6) is 0 Å². The monoisotopic (exact) mass is 335 g/mol. The molecule has 6 heteroatoms. The minimum atomic E-state index is 0.102. The SMILES string of the molecule is CN(C)[C@H]1CCN(C(=O)c2ccc(-c3ncnc4[nH]ccc34)cc2)C1. The standard InChI is InChI=1S/C19H21N5O/c1-23(2)15-8-10-24(11-15)19(25)14-5-3-13(4-6-14)17-16-7-9-20-18(16)22-12-21-17/h3-7,9,12,15H,8,10-11H2,1-2H3,(H,20,21,22)/t15-/m0/s1. The quantitative estimate of drug-likeness (QED) is 0.798. The van der Waals surface area contributed by atoms with Crippen LogP contribution in [-0.2, 0) is 0 Å². The number of carbonyl (C=O) groups is 1. The third kappa shape index (κ3) is 2.89. The summed E-state index contributed by atoms with van der Waals surface area (Å²) in [5, 5.41) is 0.981. The van der Waals surface area contributed by atoms with Crippen LogP contribution in [0.15, 0.2) is 42.9 Å². The molecule has 0 bridgehead atoms. The molecule has 0 saturated carbocycles. The Morgan fingerprint density at radius 3 is 2.72 bits per heavy atom. The summed E-state index contributed by atoms with van der Waals surface area (Å²) < 4.78 is 0. The van der Waals surface area contributed by atoms with Gasteiger partial charge in [0.15, 0.2) is 0 Å². The second-order valence-electron chi connectivity index (χ2n) is 6.70. The second kappa shape index (κ2) is 6.29. The van der Waals surface area contributed by atoms with E-state index in [1.807, 2.05) is 41.4 Å². The van der Waals surface area contributed by atoms with Crippen molar-refractivity contribution in [2.24, 2.45) is 0 Å². The van der Waals surface area contributed by atoms with Crippen LogP contribution in [0.3, 0.4) is 0 Å². The summed E-state index contributed by atoms with van der Waals surface area (Å²) in [5.41, 5.74) is 3.40. The van der Waals surface area contributed by atoms with Gasteiger partial charge < -0.3 is 14.8 Å². The highest BCUT2D eigenvalue weighted by Crippen LogP contribution is 2.25. The third-order valence-corrected chi connectivity index (χ3v) is 4.94. The first kappa shape index (κ1) is 15.8. The summed E-state index contributed by atoms with van der Waals surface area (Å²) in [5.74, 6) is 0.102. The van der Waals surface area contributed by atoms with E-state index >= 15 is 0 Å². The van der Waals surface area contributed by atoms with E-state index in [0.29, 0.717) is 6.04 Å². The molecule has 1 aliphatic rings. The highest BCUT2D eigenvalue weighted by atomic mass is 16.2. The highest BCUT2D eigenvalue weighted by Gasteiger charge is 2.28. The van der Waals surface area contributed by atoms with Crippen molar-refractivity contribution in [1.29, 1.82) is 0 Å². The molecule has 0 spiro atoms. The number of amides is 1. The number of likely N-dealkylation sites (tertiary alicyclic amines) is 1. The number of hydrogen-bond acceptors (Lipinski definition) is 4. The summed E-state index contributed by atoms with van der Waals surface area (Å²) in [4.78, 5) is 28.5. The summed E-state index contributed by atoms with van der Waals surface area (Å²) in [6.07, 6.45) is 4.44. The molecule has 1 saturated heterocycles. The van der Waals surface area contributed by atoms with Gasteiger partial charge in [0, 0.05) is 41.8 Å². The molecule has 25 heavy (non-hydrogen) atoms. The highest BCUT2D eigenvalue weighted by molar-refractivity contribution is 5.96. The lowest BCUT2D eigenvalue weighted by Crippen LogP contribution is -2.34. The number of carbonyl (C=O) groups excluding carboxylic acids is 1. The van der Waals surface area contributed by atoms with Crippen molar-refractivity contribution in [3.05, 3.63) is 48.4 Å². The van der Waals surface area contributed by atoms with Gasteiger partial charge in [-0.3, -0.25) is 4.79 Å². The molecule has 1 aromatic carbocycles. The third-order valence-electron chi connectivity index (χ3n) is 4.94. The van der Waals surface area contributed by atoms with Gasteiger partial charge in [0.2, 0.25) is 0 Å². The zero-order chi connectivity index (χ0) is 17.4. The van der Waals surface area contributed by atoms with Crippen molar-refractivity contribution in [1.82, 2.24) is 24.8 Å². The molecule has 3 aromatic rings. The summed E-state index contributed by atoms with van der Waals surface area (Å²) in [7, 11) is 4.13. The molecule has 1 atom stereocenters. The molecular formula is C19H21N5O. The Labute approximate surface area is 146 Å². The Morgan fingerprint density at radius 2 is 2.00 bits per heavy atom. The van der Waals surface area contributed by atoms with Gasteiger partial charge in [0.25, 0.3) is 5.91 Å². The van der Waals surface area contributed by atoms with Crippen molar-refractivity contribution in [3.8, 4) is 11.3 Å². The number of benzene rings is 1. The van der Waals surface area contributed by atoms with E-state index in [-0.39, 0.29) is 5.91 Å². The van der Waals surface area contributed by atoms with Crippen molar-refractivity contribution in [2.75, 3.05) is 27.2 Å². The van der Waals surface area contributed by atoms with Gasteiger partial charge in [0.1, 0.15) is 12.0 Å². The van der Waals surface area contributed by atoms with E-state index in [0.717, 1.165) is 47.4 Å². The van der Waals surface area contributed by atoms with E-state index < -0.39 is 0 Å². The average Bonchev–Trinajstić information content (AvgIpc) is 3.30. The van der Waals surface area contributed by atoms with Crippen LogP contribution in [-0.4, -0.2) is 63.9 Å². The smallest absolute Gasteiger partial charge is 0.253 e. The zero-order valence-corrected chi connectivity index (χ0v) is 14.4. The molecule has 0 unspecified atom stereocenters. The maximum absolute atomic E-state index is 12.7. The molecule has 2 aromatic heterocycles. The predicted octanol–water partition coefficient (Wildman–Crippen LogP) is 2.40. The lowest BCUT2D eigenvalue weighted by atomic mass is 10.1. The topological polar surface area (TPSA) is 65.1 Å². The summed E-state index contributed by atoms with van der Waals surface area (Å²) >= 11 is 0. The fourth-order valence-corrected chi connectivity index (χ4v) is 3.40. The van der Waals surface area contributed by atoms with Gasteiger partial charge in [-0.2, -0.15) is 0 Å². The van der Waals surface area contributed by atoms with Crippen molar-refractivity contribution >= 4 is 16.9 Å². The minimum Gasteiger partial charge on any atom is -0.346 e. The average molecular weight is 335 g/mol. The molecule has 1 aliphatic heterocycles. The normalized spacial score (nSPS) is 17.6. The molecule has 1 N–H and O–H groups in total. The number of likely N-dealkylation sites (N-methyl/N-ethyl adjacent to an activating group) is 1. The molecule has 1 amide bonds. The van der Waals surface area contributed by atoms with Gasteiger partial charge in [-0.05, 0) is 38.7 Å². The van der Waals surface area contributed by atoms with Crippen LogP contribution in [0.2, 0.25) is 0 Å². The summed E-state index contributed by atoms with van der Waals surface area (Å²) in [6.45, 7) is 1.61. The zero-order valence-electron chi connectivity index (χ0n) is 14.4. The van der Waals surface area contributed by atoms with Crippen LogP contribution >= 0.6 is 0 Å². The van der Waals surface area contributed by atoms with Crippen molar-refractivity contribution in [3.63, 3.8) is 0 Å². The van der Waals surface area contributed by atoms with E-state index in [4.69, 9.17) is 0 Å². The van der Waals surface area contributed by atoms with E-state index in [1.54, 1.807) is 6.33 Å².